The maximum atomic E-state index is 12.5. The van der Waals surface area contributed by atoms with Gasteiger partial charge in [-0.1, -0.05) is 56.7 Å². The van der Waals surface area contributed by atoms with E-state index in [0.29, 0.717) is 11.5 Å². The Hall–Kier alpha value is -0.910. The van der Waals surface area contributed by atoms with Crippen molar-refractivity contribution in [3.63, 3.8) is 0 Å². The molecule has 2 atom stereocenters. The molecule has 0 bridgehead atoms. The Labute approximate surface area is 134 Å². The predicted molar refractivity (Wildman–Crippen MR) is 88.4 cm³/mol. The van der Waals surface area contributed by atoms with E-state index in [4.69, 9.17) is 4.74 Å². The summed E-state index contributed by atoms with van der Waals surface area (Å²) in [4.78, 5) is 0.328. The molecule has 2 rings (SSSR count). The molecule has 0 aliphatic carbocycles. The summed E-state index contributed by atoms with van der Waals surface area (Å²) < 4.78 is 33.1. The topological polar surface area (TPSA) is 58.7 Å². The zero-order valence-corrected chi connectivity index (χ0v) is 14.4. The maximum Gasteiger partial charge on any atom is 0.240 e. The van der Waals surface area contributed by atoms with E-state index >= 15 is 0 Å². The van der Waals surface area contributed by atoms with E-state index in [1.54, 1.807) is 12.1 Å². The lowest BCUT2D eigenvalue weighted by atomic mass is 10.1. The van der Waals surface area contributed by atoms with Crippen LogP contribution in [0.4, 0.5) is 0 Å². The van der Waals surface area contributed by atoms with Crippen LogP contribution >= 0.6 is 0 Å². The maximum absolute atomic E-state index is 12.5. The standard InChI is InChI=1S/C17H27NO3S/c1-3-4-5-6-7-8-16(17-13-21-17)18-22(19,20)15-11-9-14(2)10-12-15/h9-12,16-18H,3-8,13H2,1-2H3/t16-,17+/m1/s1. The minimum atomic E-state index is -3.46. The van der Waals surface area contributed by atoms with Crippen LogP contribution in [0, 0.1) is 6.92 Å². The summed E-state index contributed by atoms with van der Waals surface area (Å²) in [6.45, 7) is 4.80. The smallest absolute Gasteiger partial charge is 0.240 e. The molecule has 1 aliphatic rings. The first-order chi connectivity index (χ1) is 10.5. The van der Waals surface area contributed by atoms with Gasteiger partial charge in [-0.05, 0) is 25.5 Å². The average Bonchev–Trinajstić information content (AvgIpc) is 3.31. The van der Waals surface area contributed by atoms with Crippen molar-refractivity contribution in [2.24, 2.45) is 0 Å². The molecule has 0 unspecified atom stereocenters. The van der Waals surface area contributed by atoms with Crippen molar-refractivity contribution in [3.05, 3.63) is 29.8 Å². The van der Waals surface area contributed by atoms with Crippen LogP contribution in [0.15, 0.2) is 29.2 Å². The van der Waals surface area contributed by atoms with Gasteiger partial charge in [0.2, 0.25) is 10.0 Å². The van der Waals surface area contributed by atoms with Crippen molar-refractivity contribution in [3.8, 4) is 0 Å². The molecule has 22 heavy (non-hydrogen) atoms. The fourth-order valence-electron chi connectivity index (χ4n) is 2.56. The molecule has 1 heterocycles. The molecule has 124 valence electrons. The molecular formula is C17H27NO3S. The summed E-state index contributed by atoms with van der Waals surface area (Å²) in [5.74, 6) is 0. The second-order valence-electron chi connectivity index (χ2n) is 6.12. The Morgan fingerprint density at radius 2 is 1.82 bits per heavy atom. The highest BCUT2D eigenvalue weighted by molar-refractivity contribution is 7.89. The highest BCUT2D eigenvalue weighted by Crippen LogP contribution is 2.22. The predicted octanol–water partition coefficient (Wildman–Crippen LogP) is 3.40. The van der Waals surface area contributed by atoms with Crippen LogP contribution in [0.3, 0.4) is 0 Å². The Bertz CT molecular complexity index is 550. The normalized spacial score (nSPS) is 19.1. The molecule has 1 N–H and O–H groups in total. The molecular weight excluding hydrogens is 298 g/mol. The van der Waals surface area contributed by atoms with Crippen LogP contribution in [-0.2, 0) is 14.8 Å². The van der Waals surface area contributed by atoms with Gasteiger partial charge in [0.1, 0.15) is 0 Å². The highest BCUT2D eigenvalue weighted by atomic mass is 32.2. The van der Waals surface area contributed by atoms with Gasteiger partial charge in [-0.2, -0.15) is 0 Å². The molecule has 0 aromatic heterocycles. The first kappa shape index (κ1) is 17.4. The fourth-order valence-corrected chi connectivity index (χ4v) is 3.86. The number of epoxide rings is 1. The molecule has 1 aromatic carbocycles. The summed E-state index contributed by atoms with van der Waals surface area (Å²) in [5, 5.41) is 0. The van der Waals surface area contributed by atoms with Gasteiger partial charge in [-0.25, -0.2) is 13.1 Å². The first-order valence-electron chi connectivity index (χ1n) is 8.23. The Morgan fingerprint density at radius 3 is 2.41 bits per heavy atom. The quantitative estimate of drug-likeness (QED) is 0.530. The Morgan fingerprint density at radius 1 is 1.18 bits per heavy atom. The van der Waals surface area contributed by atoms with Crippen molar-refractivity contribution < 1.29 is 13.2 Å². The lowest BCUT2D eigenvalue weighted by Gasteiger charge is -2.17. The van der Waals surface area contributed by atoms with Gasteiger partial charge in [0.25, 0.3) is 0 Å². The van der Waals surface area contributed by atoms with Crippen LogP contribution in [0.2, 0.25) is 0 Å². The largest absolute Gasteiger partial charge is 0.371 e. The van der Waals surface area contributed by atoms with Gasteiger partial charge in [0.15, 0.2) is 0 Å². The summed E-state index contributed by atoms with van der Waals surface area (Å²) in [6.07, 6.45) is 6.78. The Kier molecular flexibility index (Phi) is 6.41. The van der Waals surface area contributed by atoms with Crippen molar-refractivity contribution in [2.45, 2.75) is 69.4 Å². The van der Waals surface area contributed by atoms with Gasteiger partial charge in [0.05, 0.1) is 23.6 Å². The van der Waals surface area contributed by atoms with E-state index < -0.39 is 10.0 Å². The lowest BCUT2D eigenvalue weighted by molar-refractivity contribution is 0.345. The van der Waals surface area contributed by atoms with Crippen molar-refractivity contribution in [2.75, 3.05) is 6.61 Å². The number of rotatable bonds is 10. The second kappa shape index (κ2) is 8.09. The fraction of sp³-hybridized carbons (Fsp3) is 0.647. The van der Waals surface area contributed by atoms with Gasteiger partial charge in [-0.3, -0.25) is 0 Å². The number of aryl methyl sites for hydroxylation is 1. The van der Waals surface area contributed by atoms with E-state index in [1.807, 2.05) is 19.1 Å². The van der Waals surface area contributed by atoms with Crippen LogP contribution in [0.5, 0.6) is 0 Å². The van der Waals surface area contributed by atoms with Crippen molar-refractivity contribution in [1.82, 2.24) is 4.72 Å². The molecule has 5 heteroatoms. The third-order valence-electron chi connectivity index (χ3n) is 4.06. The van der Waals surface area contributed by atoms with Gasteiger partial charge in [-0.15, -0.1) is 0 Å². The zero-order valence-electron chi connectivity index (χ0n) is 13.5. The SMILES string of the molecule is CCCCCCC[C@@H](NS(=O)(=O)c1ccc(C)cc1)[C@@H]1CO1. The van der Waals surface area contributed by atoms with E-state index in [1.165, 1.54) is 19.3 Å². The molecule has 1 aliphatic heterocycles. The van der Waals surface area contributed by atoms with Crippen LogP contribution in [-0.4, -0.2) is 27.2 Å². The molecule has 1 fully saturated rings. The average molecular weight is 325 g/mol. The number of benzene rings is 1. The minimum absolute atomic E-state index is 0.0476. The molecule has 0 radical (unpaired) electrons. The van der Waals surface area contributed by atoms with Crippen LogP contribution in [0.25, 0.3) is 0 Å². The number of hydrogen-bond acceptors (Lipinski definition) is 3. The van der Waals surface area contributed by atoms with Crippen molar-refractivity contribution in [1.29, 1.82) is 0 Å². The van der Waals surface area contributed by atoms with E-state index in [0.717, 1.165) is 24.8 Å². The molecule has 0 saturated carbocycles. The summed E-state index contributed by atoms with van der Waals surface area (Å²) in [6, 6.07) is 6.85. The minimum Gasteiger partial charge on any atom is -0.371 e. The first-order valence-corrected chi connectivity index (χ1v) is 9.72. The van der Waals surface area contributed by atoms with Gasteiger partial charge >= 0.3 is 0 Å². The third kappa shape index (κ3) is 5.38. The molecule has 4 nitrogen and oxygen atoms in total. The summed E-state index contributed by atoms with van der Waals surface area (Å²) in [7, 11) is -3.46. The zero-order chi connectivity index (χ0) is 16.0. The monoisotopic (exact) mass is 325 g/mol. The van der Waals surface area contributed by atoms with E-state index in [-0.39, 0.29) is 12.1 Å². The number of ether oxygens (including phenoxy) is 1. The van der Waals surface area contributed by atoms with Gasteiger partial charge in [0, 0.05) is 0 Å². The summed E-state index contributed by atoms with van der Waals surface area (Å²) in [5.41, 5.74) is 1.05. The molecule has 0 spiro atoms. The van der Waals surface area contributed by atoms with Crippen molar-refractivity contribution >= 4 is 10.0 Å². The van der Waals surface area contributed by atoms with E-state index in [2.05, 4.69) is 11.6 Å². The van der Waals surface area contributed by atoms with Crippen LogP contribution < -0.4 is 4.72 Å². The lowest BCUT2D eigenvalue weighted by Crippen LogP contribution is -2.38. The van der Waals surface area contributed by atoms with Gasteiger partial charge < -0.3 is 4.74 Å². The molecule has 0 amide bonds. The molecule has 1 aromatic rings. The number of sulfonamides is 1. The number of hydrogen-bond donors (Lipinski definition) is 1. The highest BCUT2D eigenvalue weighted by Gasteiger charge is 2.35. The Balaban J connectivity index is 1.90. The third-order valence-corrected chi connectivity index (χ3v) is 5.57. The number of unbranched alkanes of at least 4 members (excludes halogenated alkanes) is 4. The molecule has 1 saturated heterocycles. The van der Waals surface area contributed by atoms with Crippen LogP contribution in [0.1, 0.15) is 51.0 Å². The number of nitrogens with one attached hydrogen (secondary N) is 1. The second-order valence-corrected chi connectivity index (χ2v) is 7.83. The van der Waals surface area contributed by atoms with E-state index in [9.17, 15) is 8.42 Å². The summed E-state index contributed by atoms with van der Waals surface area (Å²) >= 11 is 0.